The third kappa shape index (κ3) is 7.00. The van der Waals surface area contributed by atoms with Crippen molar-refractivity contribution in [3.05, 3.63) is 81.7 Å². The highest BCUT2D eigenvalue weighted by Crippen LogP contribution is 2.40. The summed E-state index contributed by atoms with van der Waals surface area (Å²) in [4.78, 5) is 57.8. The van der Waals surface area contributed by atoms with E-state index < -0.39 is 40.1 Å². The Morgan fingerprint density at radius 3 is 2.39 bits per heavy atom. The van der Waals surface area contributed by atoms with Crippen LogP contribution in [0.2, 0.25) is 0 Å². The van der Waals surface area contributed by atoms with Gasteiger partial charge in [-0.1, -0.05) is 18.2 Å². The number of aliphatic hydroxyl groups is 1. The van der Waals surface area contributed by atoms with Crippen molar-refractivity contribution in [2.75, 3.05) is 12.4 Å². The predicted molar refractivity (Wildman–Crippen MR) is 133 cm³/mol. The fourth-order valence-electron chi connectivity index (χ4n) is 3.41. The minimum absolute atomic E-state index is 0.0588. The number of amides is 2. The van der Waals surface area contributed by atoms with Crippen LogP contribution in [0.1, 0.15) is 12.5 Å². The zero-order valence-corrected chi connectivity index (χ0v) is 20.8. The molecule has 0 saturated carbocycles. The monoisotopic (exact) mass is 545 g/mol. The van der Waals surface area contributed by atoms with Crippen LogP contribution in [0.4, 0.5) is 5.69 Å². The lowest BCUT2D eigenvalue weighted by Gasteiger charge is -2.48. The number of fused-ring (bicyclic) bond motifs is 1. The van der Waals surface area contributed by atoms with Gasteiger partial charge >= 0.3 is 5.97 Å². The van der Waals surface area contributed by atoms with Crippen molar-refractivity contribution in [3.8, 4) is 5.75 Å². The molecule has 0 aromatic heterocycles. The molecule has 14 heteroatoms. The van der Waals surface area contributed by atoms with E-state index in [1.54, 1.807) is 24.3 Å². The molecule has 0 aliphatic carbocycles. The summed E-state index contributed by atoms with van der Waals surface area (Å²) < 4.78 is 10.6. The Labute approximate surface area is 220 Å². The minimum Gasteiger partial charge on any atom is -0.509 e. The number of para-hydroxylation sites is 1. The molecule has 0 spiro atoms. The van der Waals surface area contributed by atoms with Crippen molar-refractivity contribution in [2.45, 2.75) is 24.9 Å². The zero-order valence-electron chi connectivity index (χ0n) is 19.9. The molecule has 1 fully saturated rings. The van der Waals surface area contributed by atoms with Crippen molar-refractivity contribution in [3.63, 3.8) is 0 Å². The molecule has 1 unspecified atom stereocenters. The van der Waals surface area contributed by atoms with E-state index in [9.17, 15) is 29.6 Å². The van der Waals surface area contributed by atoms with E-state index in [1.807, 2.05) is 6.07 Å². The molecular weight excluding hydrogens is 522 g/mol. The maximum atomic E-state index is 12.7. The quantitative estimate of drug-likeness (QED) is 0.191. The first-order valence-electron chi connectivity index (χ1n) is 11.0. The summed E-state index contributed by atoms with van der Waals surface area (Å²) in [6.45, 7) is 0.598. The molecule has 2 aromatic rings. The van der Waals surface area contributed by atoms with Crippen molar-refractivity contribution in [1.82, 2.24) is 10.2 Å². The number of aliphatic hydroxyl groups excluding tert-OH is 1. The molecule has 200 valence electrons. The van der Waals surface area contributed by atoms with Crippen LogP contribution in [-0.4, -0.2) is 67.6 Å². The second-order valence-corrected chi connectivity index (χ2v) is 8.98. The molecule has 2 aliphatic rings. The van der Waals surface area contributed by atoms with Gasteiger partial charge in [0.1, 0.15) is 29.5 Å². The average Bonchev–Trinajstić information content (AvgIpc) is 2.89. The van der Waals surface area contributed by atoms with Gasteiger partial charge in [0, 0.05) is 19.1 Å². The average molecular weight is 546 g/mol. The minimum atomic E-state index is -0.910. The van der Waals surface area contributed by atoms with E-state index in [0.717, 1.165) is 11.8 Å². The van der Waals surface area contributed by atoms with Crippen molar-refractivity contribution < 1.29 is 43.8 Å². The normalized spacial score (nSPS) is 17.7. The number of esters is 1. The number of non-ortho nitro benzene ring substituents is 1. The van der Waals surface area contributed by atoms with Crippen LogP contribution in [0.15, 0.2) is 66.1 Å². The molecular formula is C24H23N3O10S. The fourth-order valence-corrected chi connectivity index (χ4v) is 4.61. The van der Waals surface area contributed by atoms with Crippen molar-refractivity contribution in [1.29, 1.82) is 0 Å². The number of carbonyl (C=O) groups is 4. The lowest BCUT2D eigenvalue weighted by molar-refractivity contribution is -0.384. The maximum Gasteiger partial charge on any atom is 0.358 e. The van der Waals surface area contributed by atoms with Gasteiger partial charge in [-0.15, -0.1) is 11.8 Å². The standard InChI is InChI=1S/C22H19N3O8S.C2H4O2/c26-16-12-34-21-18(23-17(27)11-32-15-4-2-1-3-5-15)20(28)24(21)19(16)22(29)33-10-13-6-8-14(9-7-13)25(30)31;1-2(3)4/h1-9,18,21,26H,10-12H2,(H,23,27);1H3,(H,3,4)/t18?,21-;/m1./s1. The van der Waals surface area contributed by atoms with E-state index in [0.29, 0.717) is 11.3 Å². The highest BCUT2D eigenvalue weighted by atomic mass is 32.2. The first-order valence-corrected chi connectivity index (χ1v) is 12.1. The molecule has 2 heterocycles. The highest BCUT2D eigenvalue weighted by Gasteiger charge is 2.54. The number of nitrogens with zero attached hydrogens (tertiary/aromatic N) is 2. The van der Waals surface area contributed by atoms with Crippen LogP contribution < -0.4 is 10.1 Å². The summed E-state index contributed by atoms with van der Waals surface area (Å²) in [6, 6.07) is 13.3. The number of nitrogens with one attached hydrogen (secondary N) is 1. The van der Waals surface area contributed by atoms with E-state index in [-0.39, 0.29) is 36.1 Å². The van der Waals surface area contributed by atoms with Crippen LogP contribution in [0.3, 0.4) is 0 Å². The van der Waals surface area contributed by atoms with E-state index in [2.05, 4.69) is 5.32 Å². The van der Waals surface area contributed by atoms with E-state index in [1.165, 1.54) is 36.0 Å². The molecule has 2 aliphatic heterocycles. The summed E-state index contributed by atoms with van der Waals surface area (Å²) in [5, 5.41) is 30.4. The number of nitro benzene ring substituents is 1. The number of carboxylic acid groups (broad SMARTS) is 1. The number of carboxylic acids is 1. The number of benzene rings is 2. The molecule has 2 amide bonds. The smallest absolute Gasteiger partial charge is 0.358 e. The van der Waals surface area contributed by atoms with Crippen LogP contribution >= 0.6 is 11.8 Å². The van der Waals surface area contributed by atoms with Gasteiger partial charge in [0.2, 0.25) is 0 Å². The Bertz CT molecular complexity index is 1250. The summed E-state index contributed by atoms with van der Waals surface area (Å²) in [6.07, 6.45) is 0. The Morgan fingerprint density at radius 1 is 1.16 bits per heavy atom. The molecule has 4 rings (SSSR count). The van der Waals surface area contributed by atoms with Crippen LogP contribution in [0.25, 0.3) is 0 Å². The fraction of sp³-hybridized carbons (Fsp3) is 0.250. The van der Waals surface area contributed by atoms with Gasteiger partial charge in [-0.3, -0.25) is 29.4 Å². The SMILES string of the molecule is CC(=O)O.O=C(COc1ccccc1)NC1C(=O)N2C(C(=O)OCc3ccc([N+](=O)[O-])cc3)=C(O)CS[C@H]12. The topological polar surface area (TPSA) is 186 Å². The molecule has 0 radical (unpaired) electrons. The maximum absolute atomic E-state index is 12.7. The Balaban J connectivity index is 0.000000934. The molecule has 2 atom stereocenters. The number of aliphatic carboxylic acids is 1. The third-order valence-electron chi connectivity index (χ3n) is 5.09. The van der Waals surface area contributed by atoms with Gasteiger partial charge in [0.15, 0.2) is 12.3 Å². The second-order valence-electron chi connectivity index (χ2n) is 7.87. The molecule has 38 heavy (non-hydrogen) atoms. The number of ether oxygens (including phenoxy) is 2. The van der Waals surface area contributed by atoms with Crippen LogP contribution in [-0.2, 0) is 30.5 Å². The first-order chi connectivity index (χ1) is 18.1. The zero-order chi connectivity index (χ0) is 27.8. The summed E-state index contributed by atoms with van der Waals surface area (Å²) >= 11 is 1.20. The Hall–Kier alpha value is -4.59. The summed E-state index contributed by atoms with van der Waals surface area (Å²) in [7, 11) is 0. The lowest BCUT2D eigenvalue weighted by Crippen LogP contribution is -2.70. The molecule has 0 bridgehead atoms. The molecule has 1 saturated heterocycles. The number of carbonyl (C=O) groups excluding carboxylic acids is 3. The number of hydrogen-bond donors (Lipinski definition) is 3. The van der Waals surface area contributed by atoms with Crippen LogP contribution in [0, 0.1) is 10.1 Å². The van der Waals surface area contributed by atoms with Gasteiger partial charge in [-0.2, -0.15) is 0 Å². The molecule has 3 N–H and O–H groups in total. The number of thioether (sulfide) groups is 1. The number of nitro groups is 1. The first kappa shape index (κ1) is 28.0. The molecule has 13 nitrogen and oxygen atoms in total. The number of hydrogen-bond acceptors (Lipinski definition) is 10. The number of β-lactam (4-membered cyclic amide) rings is 1. The lowest BCUT2D eigenvalue weighted by atomic mass is 10.0. The largest absolute Gasteiger partial charge is 0.509 e. The highest BCUT2D eigenvalue weighted by molar-refractivity contribution is 8.00. The van der Waals surface area contributed by atoms with Crippen molar-refractivity contribution >= 4 is 41.2 Å². The third-order valence-corrected chi connectivity index (χ3v) is 6.35. The Kier molecular flexibility index (Phi) is 9.27. The summed E-state index contributed by atoms with van der Waals surface area (Å²) in [5.74, 6) is -2.53. The van der Waals surface area contributed by atoms with E-state index in [4.69, 9.17) is 19.4 Å². The van der Waals surface area contributed by atoms with Gasteiger partial charge in [0.25, 0.3) is 23.5 Å². The van der Waals surface area contributed by atoms with Gasteiger partial charge in [-0.05, 0) is 29.8 Å². The number of rotatable bonds is 8. The Morgan fingerprint density at radius 2 is 1.79 bits per heavy atom. The van der Waals surface area contributed by atoms with Gasteiger partial charge in [0.05, 0.1) is 10.7 Å². The van der Waals surface area contributed by atoms with Gasteiger partial charge < -0.3 is 25.0 Å². The van der Waals surface area contributed by atoms with Gasteiger partial charge in [-0.25, -0.2) is 4.79 Å². The van der Waals surface area contributed by atoms with Crippen molar-refractivity contribution in [2.24, 2.45) is 0 Å². The predicted octanol–water partition coefficient (Wildman–Crippen LogP) is 1.98. The summed E-state index contributed by atoms with van der Waals surface area (Å²) in [5.41, 5.74) is 0.122. The molecule has 2 aromatic carbocycles. The second kappa shape index (κ2) is 12.6. The van der Waals surface area contributed by atoms with E-state index >= 15 is 0 Å². The van der Waals surface area contributed by atoms with Crippen LogP contribution in [0.5, 0.6) is 5.75 Å².